The van der Waals surface area contributed by atoms with E-state index in [-0.39, 0.29) is 24.3 Å². The molecule has 6 heteroatoms. The molecule has 0 saturated carbocycles. The lowest BCUT2D eigenvalue weighted by Gasteiger charge is -2.29. The molecule has 0 bridgehead atoms. The maximum atomic E-state index is 12.1. The van der Waals surface area contributed by atoms with Crippen LogP contribution in [0.2, 0.25) is 0 Å². The smallest absolute Gasteiger partial charge is 0.305 e. The Morgan fingerprint density at radius 1 is 0.429 bits per heavy atom. The van der Waals surface area contributed by atoms with E-state index in [1.165, 1.54) is 128 Å². The van der Waals surface area contributed by atoms with Crippen molar-refractivity contribution in [1.29, 1.82) is 0 Å². The molecule has 0 rings (SSSR count). The standard InChI is InChI=1S/C36H72NO4.ClH/c1-5-7-9-11-13-15-17-19-21-23-25-27-29-35(38)40-33-31-37(3,4)32-34-41-36(39)30-28-26-24-22-20-18-16-14-12-10-8-6-2;/h5-34H2,1-4H3;1H/q+1;. The van der Waals surface area contributed by atoms with Gasteiger partial charge in [-0.25, -0.2) is 0 Å². The molecule has 0 aromatic heterocycles. The van der Waals surface area contributed by atoms with Crippen LogP contribution in [0, 0.1) is 0 Å². The minimum absolute atomic E-state index is 0. The molecule has 0 aliphatic rings. The molecule has 252 valence electrons. The summed E-state index contributed by atoms with van der Waals surface area (Å²) >= 11 is 0. The highest BCUT2D eigenvalue weighted by atomic mass is 35.5. The number of quaternary nitrogens is 1. The van der Waals surface area contributed by atoms with Crippen molar-refractivity contribution in [3.05, 3.63) is 0 Å². The van der Waals surface area contributed by atoms with Gasteiger partial charge in [-0.2, -0.15) is 0 Å². The van der Waals surface area contributed by atoms with Gasteiger partial charge in [0, 0.05) is 12.8 Å². The molecule has 0 heterocycles. The van der Waals surface area contributed by atoms with Gasteiger partial charge in [0.15, 0.2) is 0 Å². The van der Waals surface area contributed by atoms with Crippen LogP contribution in [0.4, 0.5) is 0 Å². The van der Waals surface area contributed by atoms with E-state index in [0.29, 0.717) is 30.5 Å². The first-order chi connectivity index (χ1) is 19.9. The molecule has 5 nitrogen and oxygen atoms in total. The molecule has 0 radical (unpaired) electrons. The zero-order valence-corrected chi connectivity index (χ0v) is 29.5. The number of unbranched alkanes of at least 4 members (excludes halogenated alkanes) is 22. The van der Waals surface area contributed by atoms with Gasteiger partial charge in [-0.1, -0.05) is 155 Å². The number of esters is 2. The Morgan fingerprint density at radius 2 is 0.667 bits per heavy atom. The van der Waals surface area contributed by atoms with Crippen LogP contribution >= 0.6 is 12.4 Å². The number of nitrogens with zero attached hydrogens (tertiary/aromatic N) is 1. The average molecular weight is 619 g/mol. The largest absolute Gasteiger partial charge is 0.460 e. The zero-order valence-electron chi connectivity index (χ0n) is 28.7. The Labute approximate surface area is 268 Å². The number of halogens is 1. The molecule has 0 spiro atoms. The van der Waals surface area contributed by atoms with E-state index >= 15 is 0 Å². The van der Waals surface area contributed by atoms with Crippen molar-refractivity contribution in [1.82, 2.24) is 0 Å². The monoisotopic (exact) mass is 619 g/mol. The van der Waals surface area contributed by atoms with E-state index in [0.717, 1.165) is 38.8 Å². The van der Waals surface area contributed by atoms with E-state index < -0.39 is 0 Å². The topological polar surface area (TPSA) is 52.6 Å². The van der Waals surface area contributed by atoms with Gasteiger partial charge in [-0.15, -0.1) is 12.4 Å². The van der Waals surface area contributed by atoms with Crippen LogP contribution in [-0.4, -0.2) is 56.8 Å². The molecule has 0 amide bonds. The summed E-state index contributed by atoms with van der Waals surface area (Å²) in [5.41, 5.74) is 0. The first kappa shape index (κ1) is 43.3. The highest BCUT2D eigenvalue weighted by Gasteiger charge is 2.17. The van der Waals surface area contributed by atoms with Crippen LogP contribution in [-0.2, 0) is 19.1 Å². The molecular weight excluding hydrogens is 546 g/mol. The van der Waals surface area contributed by atoms with E-state index in [9.17, 15) is 9.59 Å². The summed E-state index contributed by atoms with van der Waals surface area (Å²) in [5, 5.41) is 0. The van der Waals surface area contributed by atoms with Crippen molar-refractivity contribution in [2.45, 2.75) is 181 Å². The molecule has 0 N–H and O–H groups in total. The minimum Gasteiger partial charge on any atom is -0.460 e. The van der Waals surface area contributed by atoms with Crippen LogP contribution in [0.3, 0.4) is 0 Å². The Balaban J connectivity index is 0. The van der Waals surface area contributed by atoms with Gasteiger partial charge in [0.25, 0.3) is 0 Å². The van der Waals surface area contributed by atoms with Crippen molar-refractivity contribution in [2.24, 2.45) is 0 Å². The molecule has 0 unspecified atom stereocenters. The summed E-state index contributed by atoms with van der Waals surface area (Å²) in [6, 6.07) is 0. The Hall–Kier alpha value is -0.810. The van der Waals surface area contributed by atoms with E-state index in [1.807, 2.05) is 0 Å². The second kappa shape index (κ2) is 33.1. The maximum Gasteiger partial charge on any atom is 0.305 e. The van der Waals surface area contributed by atoms with Crippen molar-refractivity contribution >= 4 is 24.3 Å². The third-order valence-corrected chi connectivity index (χ3v) is 8.39. The minimum atomic E-state index is -0.0779. The Morgan fingerprint density at radius 3 is 0.929 bits per heavy atom. The van der Waals surface area contributed by atoms with E-state index in [1.54, 1.807) is 0 Å². The van der Waals surface area contributed by atoms with Gasteiger partial charge in [-0.05, 0) is 12.8 Å². The molecule has 0 saturated heterocycles. The fraction of sp³-hybridized carbons (Fsp3) is 0.944. The highest BCUT2D eigenvalue weighted by Crippen LogP contribution is 2.14. The van der Waals surface area contributed by atoms with Gasteiger partial charge in [0.1, 0.15) is 26.3 Å². The number of rotatable bonds is 32. The second-order valence-corrected chi connectivity index (χ2v) is 13.1. The first-order valence-electron chi connectivity index (χ1n) is 18.0. The Kier molecular flexibility index (Phi) is 34.1. The van der Waals surface area contributed by atoms with Crippen molar-refractivity contribution in [3.63, 3.8) is 0 Å². The van der Waals surface area contributed by atoms with Gasteiger partial charge >= 0.3 is 11.9 Å². The molecule has 0 aromatic rings. The Bertz CT molecular complexity index is 537. The van der Waals surface area contributed by atoms with Crippen LogP contribution < -0.4 is 0 Å². The third-order valence-electron chi connectivity index (χ3n) is 8.39. The lowest BCUT2D eigenvalue weighted by atomic mass is 10.0. The average Bonchev–Trinajstić information content (AvgIpc) is 2.94. The molecule has 42 heavy (non-hydrogen) atoms. The molecule has 0 aromatic carbocycles. The van der Waals surface area contributed by atoms with Crippen molar-refractivity contribution < 1.29 is 23.5 Å². The summed E-state index contributed by atoms with van der Waals surface area (Å²) in [6.07, 6.45) is 32.2. The first-order valence-corrected chi connectivity index (χ1v) is 18.0. The normalized spacial score (nSPS) is 11.3. The number of carbonyl (C=O) groups is 2. The molecule has 0 atom stereocenters. The number of carbonyl (C=O) groups excluding carboxylic acids is 2. The summed E-state index contributed by atoms with van der Waals surface area (Å²) < 4.78 is 11.6. The SMILES string of the molecule is CCCCCCCCCCCCCCC(=O)OCC[N+](C)(C)CCOC(=O)CCCCCCCCCCCCCC.Cl. The second-order valence-electron chi connectivity index (χ2n) is 13.1. The molecule has 0 aliphatic carbocycles. The molecule has 0 fully saturated rings. The van der Waals surface area contributed by atoms with Crippen molar-refractivity contribution in [3.8, 4) is 0 Å². The fourth-order valence-corrected chi connectivity index (χ4v) is 5.29. The third kappa shape index (κ3) is 33.7. The lowest BCUT2D eigenvalue weighted by molar-refractivity contribution is -0.890. The number of hydrogen-bond acceptors (Lipinski definition) is 4. The maximum absolute atomic E-state index is 12.1. The van der Waals surface area contributed by atoms with E-state index in [2.05, 4.69) is 27.9 Å². The molecular formula is C36H73ClNO4+. The van der Waals surface area contributed by atoms with Gasteiger partial charge in [0.05, 0.1) is 14.1 Å². The summed E-state index contributed by atoms with van der Waals surface area (Å²) in [5.74, 6) is -0.156. The lowest BCUT2D eigenvalue weighted by Crippen LogP contribution is -2.45. The van der Waals surface area contributed by atoms with Crippen LogP contribution in [0.15, 0.2) is 0 Å². The summed E-state index contributed by atoms with van der Waals surface area (Å²) in [4.78, 5) is 24.1. The fourth-order valence-electron chi connectivity index (χ4n) is 5.29. The number of hydrogen-bond donors (Lipinski definition) is 0. The predicted molar refractivity (Wildman–Crippen MR) is 182 cm³/mol. The van der Waals surface area contributed by atoms with Crippen LogP contribution in [0.1, 0.15) is 181 Å². The quantitative estimate of drug-likeness (QED) is 0.0427. The van der Waals surface area contributed by atoms with Crippen LogP contribution in [0.5, 0.6) is 0 Å². The van der Waals surface area contributed by atoms with Gasteiger partial charge < -0.3 is 14.0 Å². The number of likely N-dealkylation sites (N-methyl/N-ethyl adjacent to an activating group) is 1. The van der Waals surface area contributed by atoms with Gasteiger partial charge in [0.2, 0.25) is 0 Å². The predicted octanol–water partition coefficient (Wildman–Crippen LogP) is 10.8. The van der Waals surface area contributed by atoms with E-state index in [4.69, 9.17) is 9.47 Å². The number of ether oxygens (including phenoxy) is 2. The zero-order chi connectivity index (χ0) is 30.3. The highest BCUT2D eigenvalue weighted by molar-refractivity contribution is 5.85. The summed E-state index contributed by atoms with van der Waals surface area (Å²) in [6.45, 7) is 6.86. The van der Waals surface area contributed by atoms with Crippen LogP contribution in [0.25, 0.3) is 0 Å². The molecule has 0 aliphatic heterocycles. The van der Waals surface area contributed by atoms with Crippen molar-refractivity contribution in [2.75, 3.05) is 40.4 Å². The summed E-state index contributed by atoms with van der Waals surface area (Å²) in [7, 11) is 4.19. The van der Waals surface area contributed by atoms with Gasteiger partial charge in [-0.3, -0.25) is 9.59 Å².